The average molecular weight is 621 g/mol. The molecule has 0 heterocycles. The van der Waals surface area contributed by atoms with Crippen molar-refractivity contribution in [1.82, 2.24) is 10.6 Å². The lowest BCUT2D eigenvalue weighted by atomic mass is 10.0. The number of hydrogen-bond acceptors (Lipinski definition) is 2. The largest absolute Gasteiger partial charge is 0.356 e. The Morgan fingerprint density at radius 2 is 0.500 bits per heavy atom. The van der Waals surface area contributed by atoms with Gasteiger partial charge in [-0.3, -0.25) is 9.59 Å². The van der Waals surface area contributed by atoms with E-state index in [0.717, 1.165) is 38.8 Å². The monoisotopic (exact) mass is 621 g/mol. The number of rotatable bonds is 37. The minimum atomic E-state index is 0.192. The zero-order valence-electron chi connectivity index (χ0n) is 30.3. The van der Waals surface area contributed by atoms with E-state index in [4.69, 9.17) is 0 Å². The van der Waals surface area contributed by atoms with Crippen molar-refractivity contribution in [3.63, 3.8) is 0 Å². The summed E-state index contributed by atoms with van der Waals surface area (Å²) in [5.41, 5.74) is 0. The van der Waals surface area contributed by atoms with E-state index >= 15 is 0 Å². The Morgan fingerprint density at radius 1 is 0.295 bits per heavy atom. The molecule has 0 atom stereocenters. The lowest BCUT2D eigenvalue weighted by Gasteiger charge is -2.07. The minimum absolute atomic E-state index is 0.192. The van der Waals surface area contributed by atoms with Crippen LogP contribution in [0.1, 0.15) is 232 Å². The van der Waals surface area contributed by atoms with Crippen LogP contribution in [-0.2, 0) is 9.59 Å². The summed E-state index contributed by atoms with van der Waals surface area (Å²) in [6.45, 7) is 6.03. The molecular formula is C40H80N2O2. The molecule has 4 heteroatoms. The first-order valence-electron chi connectivity index (χ1n) is 20.2. The van der Waals surface area contributed by atoms with Crippen molar-refractivity contribution in [2.24, 2.45) is 0 Å². The summed E-state index contributed by atoms with van der Waals surface area (Å²) in [6.07, 6.45) is 43.7. The molecule has 0 aromatic heterocycles. The highest BCUT2D eigenvalue weighted by Crippen LogP contribution is 2.15. The summed E-state index contributed by atoms with van der Waals surface area (Å²) in [4.78, 5) is 24.1. The molecule has 262 valence electrons. The van der Waals surface area contributed by atoms with Gasteiger partial charge in [0.2, 0.25) is 11.8 Å². The van der Waals surface area contributed by atoms with Crippen LogP contribution in [0.5, 0.6) is 0 Å². The molecule has 0 aromatic carbocycles. The first-order valence-corrected chi connectivity index (χ1v) is 20.2. The van der Waals surface area contributed by atoms with Gasteiger partial charge in [-0.2, -0.15) is 0 Å². The van der Waals surface area contributed by atoms with E-state index in [-0.39, 0.29) is 11.8 Å². The normalized spacial score (nSPS) is 11.2. The Kier molecular flexibility index (Phi) is 37.2. The van der Waals surface area contributed by atoms with E-state index in [1.807, 2.05) is 0 Å². The van der Waals surface area contributed by atoms with Crippen LogP contribution in [0.4, 0.5) is 0 Å². The van der Waals surface area contributed by atoms with Gasteiger partial charge in [0, 0.05) is 25.9 Å². The molecule has 0 bridgehead atoms. The third-order valence-electron chi connectivity index (χ3n) is 9.26. The smallest absolute Gasteiger partial charge is 0.219 e. The summed E-state index contributed by atoms with van der Waals surface area (Å²) in [5.74, 6) is 0.383. The highest BCUT2D eigenvalue weighted by Gasteiger charge is 2.03. The van der Waals surface area contributed by atoms with E-state index in [1.54, 1.807) is 0 Å². The molecule has 0 aliphatic rings. The van der Waals surface area contributed by atoms with Crippen molar-refractivity contribution in [2.45, 2.75) is 232 Å². The van der Waals surface area contributed by atoms with E-state index in [0.29, 0.717) is 12.8 Å². The molecule has 0 aliphatic heterocycles. The van der Waals surface area contributed by atoms with E-state index in [2.05, 4.69) is 24.5 Å². The Balaban J connectivity index is 3.25. The predicted molar refractivity (Wildman–Crippen MR) is 194 cm³/mol. The fourth-order valence-electron chi connectivity index (χ4n) is 6.20. The molecule has 2 amide bonds. The molecule has 44 heavy (non-hydrogen) atoms. The number of unbranched alkanes of at least 4 members (excludes halogenated alkanes) is 29. The van der Waals surface area contributed by atoms with Crippen LogP contribution in [0.3, 0.4) is 0 Å². The zero-order chi connectivity index (χ0) is 32.0. The van der Waals surface area contributed by atoms with Crippen molar-refractivity contribution in [3.05, 3.63) is 0 Å². The third kappa shape index (κ3) is 37.1. The summed E-state index contributed by atoms with van der Waals surface area (Å²) in [5, 5.41) is 6.10. The lowest BCUT2D eigenvalue weighted by molar-refractivity contribution is -0.122. The van der Waals surface area contributed by atoms with Crippen LogP contribution in [0.25, 0.3) is 0 Å². The van der Waals surface area contributed by atoms with Crippen molar-refractivity contribution in [2.75, 3.05) is 13.1 Å². The number of hydrogen-bond donors (Lipinski definition) is 2. The van der Waals surface area contributed by atoms with Gasteiger partial charge < -0.3 is 10.6 Å². The van der Waals surface area contributed by atoms with Gasteiger partial charge >= 0.3 is 0 Å². The van der Waals surface area contributed by atoms with Crippen LogP contribution in [0, 0.1) is 0 Å². The highest BCUT2D eigenvalue weighted by molar-refractivity contribution is 5.76. The highest BCUT2D eigenvalue weighted by atomic mass is 16.2. The molecule has 0 saturated heterocycles. The first-order chi connectivity index (χ1) is 21.7. The lowest BCUT2D eigenvalue weighted by Crippen LogP contribution is -2.27. The summed E-state index contributed by atoms with van der Waals surface area (Å²) in [6, 6.07) is 0. The van der Waals surface area contributed by atoms with Crippen LogP contribution < -0.4 is 10.6 Å². The summed E-state index contributed by atoms with van der Waals surface area (Å²) in [7, 11) is 0. The maximum absolute atomic E-state index is 12.1. The van der Waals surface area contributed by atoms with Crippen LogP contribution in [0.2, 0.25) is 0 Å². The van der Waals surface area contributed by atoms with Crippen molar-refractivity contribution in [1.29, 1.82) is 0 Å². The van der Waals surface area contributed by atoms with Crippen molar-refractivity contribution in [3.8, 4) is 0 Å². The van der Waals surface area contributed by atoms with E-state index < -0.39 is 0 Å². The predicted octanol–water partition coefficient (Wildman–Crippen LogP) is 12.5. The molecular weight excluding hydrogens is 540 g/mol. The molecule has 4 nitrogen and oxygen atoms in total. The maximum atomic E-state index is 12.1. The molecule has 0 unspecified atom stereocenters. The second-order valence-electron chi connectivity index (χ2n) is 13.8. The summed E-state index contributed by atoms with van der Waals surface area (Å²) < 4.78 is 0. The van der Waals surface area contributed by atoms with Crippen LogP contribution >= 0.6 is 0 Å². The molecule has 0 aliphatic carbocycles. The number of carbonyl (C=O) groups is 2. The van der Waals surface area contributed by atoms with Gasteiger partial charge in [-0.1, -0.05) is 194 Å². The van der Waals surface area contributed by atoms with Crippen molar-refractivity contribution < 1.29 is 9.59 Å². The van der Waals surface area contributed by atoms with Gasteiger partial charge in [-0.25, -0.2) is 0 Å². The topological polar surface area (TPSA) is 58.2 Å². The van der Waals surface area contributed by atoms with E-state index in [9.17, 15) is 9.59 Å². The molecule has 0 radical (unpaired) electrons. The Labute approximate surface area is 276 Å². The van der Waals surface area contributed by atoms with Gasteiger partial charge in [0.15, 0.2) is 0 Å². The minimum Gasteiger partial charge on any atom is -0.356 e. The van der Waals surface area contributed by atoms with Gasteiger partial charge in [-0.15, -0.1) is 0 Å². The quantitative estimate of drug-likeness (QED) is 0.0679. The van der Waals surface area contributed by atoms with Crippen LogP contribution in [0.15, 0.2) is 0 Å². The van der Waals surface area contributed by atoms with E-state index in [1.165, 1.54) is 180 Å². The maximum Gasteiger partial charge on any atom is 0.219 e. The van der Waals surface area contributed by atoms with Gasteiger partial charge in [0.25, 0.3) is 0 Å². The standard InChI is InChI=1S/C40H80N2O2/c1-3-5-7-9-11-13-15-17-19-21-23-25-27-29-31-35-39(43)41-37-33-34-38-42-40(44)36-32-30-28-26-24-22-20-18-16-14-12-10-8-6-4-2/h3-38H2,1-2H3,(H,41,43)(H,42,44). The molecule has 0 fully saturated rings. The third-order valence-corrected chi connectivity index (χ3v) is 9.26. The molecule has 0 aromatic rings. The fraction of sp³-hybridized carbons (Fsp3) is 0.950. The van der Waals surface area contributed by atoms with Crippen LogP contribution in [-0.4, -0.2) is 24.9 Å². The zero-order valence-corrected chi connectivity index (χ0v) is 30.3. The molecule has 2 N–H and O–H groups in total. The number of nitrogens with one attached hydrogen (secondary N) is 2. The first kappa shape index (κ1) is 42.9. The Morgan fingerprint density at radius 3 is 0.727 bits per heavy atom. The second kappa shape index (κ2) is 38.1. The van der Waals surface area contributed by atoms with Crippen molar-refractivity contribution >= 4 is 11.8 Å². The van der Waals surface area contributed by atoms with Gasteiger partial charge in [-0.05, 0) is 25.7 Å². The second-order valence-corrected chi connectivity index (χ2v) is 13.8. The molecule has 0 rings (SSSR count). The van der Waals surface area contributed by atoms with Gasteiger partial charge in [0.1, 0.15) is 0 Å². The average Bonchev–Trinajstić information content (AvgIpc) is 3.02. The number of amides is 2. The fourth-order valence-corrected chi connectivity index (χ4v) is 6.20. The Hall–Kier alpha value is -1.06. The molecule has 0 spiro atoms. The SMILES string of the molecule is CCCCCCCCCCCCCCCCCC(=O)NCCCCNC(=O)CCCCCCCCCCCCCCCCC. The molecule has 0 saturated carbocycles. The Bertz CT molecular complexity index is 530. The summed E-state index contributed by atoms with van der Waals surface area (Å²) >= 11 is 0. The van der Waals surface area contributed by atoms with Gasteiger partial charge in [0.05, 0.1) is 0 Å². The number of carbonyl (C=O) groups excluding carboxylic acids is 2.